The van der Waals surface area contributed by atoms with Crippen molar-refractivity contribution in [2.24, 2.45) is 0 Å². The highest BCUT2D eigenvalue weighted by molar-refractivity contribution is 6.31. The van der Waals surface area contributed by atoms with Crippen LogP contribution < -0.4 is 10.9 Å². The minimum Gasteiger partial charge on any atom is -0.324 e. The topological polar surface area (TPSA) is 74.8 Å². The number of carbonyl (C=O) groups is 1. The molecule has 0 atom stereocenters. The van der Waals surface area contributed by atoms with E-state index in [1.807, 2.05) is 6.07 Å². The Labute approximate surface area is 147 Å². The van der Waals surface area contributed by atoms with Gasteiger partial charge in [0, 0.05) is 12.8 Å². The number of aromatic nitrogens is 2. The molecule has 3 rings (SSSR count). The van der Waals surface area contributed by atoms with Gasteiger partial charge < -0.3 is 10.3 Å². The van der Waals surface area contributed by atoms with Gasteiger partial charge in [-0.15, -0.1) is 0 Å². The number of H-pyrrole nitrogens is 1. The number of aryl methyl sites for hydroxylation is 1. The van der Waals surface area contributed by atoms with Crippen LogP contribution in [0.1, 0.15) is 18.7 Å². The first-order valence-corrected chi connectivity index (χ1v) is 8.14. The van der Waals surface area contributed by atoms with Gasteiger partial charge in [-0.2, -0.15) is 0 Å². The fourth-order valence-electron chi connectivity index (χ4n) is 2.48. The van der Waals surface area contributed by atoms with Crippen LogP contribution in [0.2, 0.25) is 5.02 Å². The highest BCUT2D eigenvalue weighted by Gasteiger charge is 2.10. The van der Waals surface area contributed by atoms with Crippen molar-refractivity contribution in [3.8, 4) is 0 Å². The van der Waals surface area contributed by atoms with Crippen LogP contribution in [0.25, 0.3) is 10.9 Å². The van der Waals surface area contributed by atoms with Crippen LogP contribution in [-0.2, 0) is 11.2 Å². The summed E-state index contributed by atoms with van der Waals surface area (Å²) in [7, 11) is 0. The van der Waals surface area contributed by atoms with E-state index in [0.717, 1.165) is 0 Å². The number of aromatic amines is 1. The van der Waals surface area contributed by atoms with Gasteiger partial charge in [0.2, 0.25) is 5.91 Å². The van der Waals surface area contributed by atoms with Crippen molar-refractivity contribution in [3.05, 3.63) is 69.5 Å². The first-order chi connectivity index (χ1) is 12.0. The maximum Gasteiger partial charge on any atom is 0.258 e. The van der Waals surface area contributed by atoms with Gasteiger partial charge in [0.1, 0.15) is 5.82 Å². The molecule has 0 aliphatic heterocycles. The molecule has 1 aromatic heterocycles. The van der Waals surface area contributed by atoms with Crippen LogP contribution in [0.15, 0.2) is 47.3 Å². The lowest BCUT2D eigenvalue weighted by Crippen LogP contribution is -2.14. The Morgan fingerprint density at radius 1 is 1.20 bits per heavy atom. The number of rotatable bonds is 5. The summed E-state index contributed by atoms with van der Waals surface area (Å²) in [5, 5.41) is 2.97. The lowest BCUT2D eigenvalue weighted by Gasteiger charge is -2.07. The van der Waals surface area contributed by atoms with Crippen molar-refractivity contribution >= 4 is 34.1 Å². The van der Waals surface area contributed by atoms with Gasteiger partial charge in [0.15, 0.2) is 5.82 Å². The van der Waals surface area contributed by atoms with E-state index in [0.29, 0.717) is 29.6 Å². The Bertz CT molecular complexity index is 987. The SMILES string of the molecule is O=C(CCCc1nc2ccccc2c(=O)[nH]1)Nc1cccc(Cl)c1F. The third kappa shape index (κ3) is 4.03. The van der Waals surface area contributed by atoms with E-state index >= 15 is 0 Å². The monoisotopic (exact) mass is 359 g/mol. The first-order valence-electron chi connectivity index (χ1n) is 7.76. The number of nitrogens with zero attached hydrogens (tertiary/aromatic N) is 1. The van der Waals surface area contributed by atoms with Crippen LogP contribution in [-0.4, -0.2) is 15.9 Å². The van der Waals surface area contributed by atoms with E-state index in [9.17, 15) is 14.0 Å². The fraction of sp³-hybridized carbons (Fsp3) is 0.167. The third-order valence-corrected chi connectivity index (χ3v) is 4.00. The number of hydrogen-bond acceptors (Lipinski definition) is 3. The molecule has 1 heterocycles. The number of benzene rings is 2. The van der Waals surface area contributed by atoms with Crippen LogP contribution >= 0.6 is 11.6 Å². The predicted octanol–water partition coefficient (Wildman–Crippen LogP) is 3.68. The molecule has 1 amide bonds. The van der Waals surface area contributed by atoms with Crippen molar-refractivity contribution in [2.45, 2.75) is 19.3 Å². The largest absolute Gasteiger partial charge is 0.324 e. The minimum absolute atomic E-state index is 0.0456. The van der Waals surface area contributed by atoms with E-state index in [1.54, 1.807) is 24.3 Å². The Kier molecular flexibility index (Phi) is 5.09. The molecule has 25 heavy (non-hydrogen) atoms. The Morgan fingerprint density at radius 3 is 2.84 bits per heavy atom. The Balaban J connectivity index is 1.60. The molecule has 5 nitrogen and oxygen atoms in total. The number of anilines is 1. The second kappa shape index (κ2) is 7.44. The molecule has 0 aliphatic carbocycles. The van der Waals surface area contributed by atoms with Gasteiger partial charge in [-0.3, -0.25) is 9.59 Å². The van der Waals surface area contributed by atoms with Crippen molar-refractivity contribution in [1.82, 2.24) is 9.97 Å². The van der Waals surface area contributed by atoms with Crippen molar-refractivity contribution < 1.29 is 9.18 Å². The molecular weight excluding hydrogens is 345 g/mol. The molecule has 0 saturated carbocycles. The number of hydrogen-bond donors (Lipinski definition) is 2. The molecule has 2 aromatic carbocycles. The maximum atomic E-state index is 13.7. The lowest BCUT2D eigenvalue weighted by molar-refractivity contribution is -0.116. The number of halogens is 2. The average Bonchev–Trinajstić information content (AvgIpc) is 2.59. The summed E-state index contributed by atoms with van der Waals surface area (Å²) < 4.78 is 13.7. The summed E-state index contributed by atoms with van der Waals surface area (Å²) in [4.78, 5) is 31.0. The quantitative estimate of drug-likeness (QED) is 0.729. The third-order valence-electron chi connectivity index (χ3n) is 3.71. The smallest absolute Gasteiger partial charge is 0.258 e. The molecule has 2 N–H and O–H groups in total. The van der Waals surface area contributed by atoms with E-state index in [1.165, 1.54) is 12.1 Å². The van der Waals surface area contributed by atoms with E-state index in [2.05, 4.69) is 15.3 Å². The highest BCUT2D eigenvalue weighted by atomic mass is 35.5. The second-order valence-electron chi connectivity index (χ2n) is 5.53. The molecule has 7 heteroatoms. The van der Waals surface area contributed by atoms with Crippen molar-refractivity contribution in [3.63, 3.8) is 0 Å². The number of nitrogens with one attached hydrogen (secondary N) is 2. The summed E-state index contributed by atoms with van der Waals surface area (Å²) in [5.41, 5.74) is 0.465. The zero-order valence-electron chi connectivity index (χ0n) is 13.2. The molecule has 3 aromatic rings. The molecule has 0 radical (unpaired) electrons. The summed E-state index contributed by atoms with van der Waals surface area (Å²) in [6.45, 7) is 0. The fourth-order valence-corrected chi connectivity index (χ4v) is 2.66. The van der Waals surface area contributed by atoms with Crippen molar-refractivity contribution in [1.29, 1.82) is 0 Å². The van der Waals surface area contributed by atoms with Crippen LogP contribution in [0, 0.1) is 5.82 Å². The maximum absolute atomic E-state index is 13.7. The van der Waals surface area contributed by atoms with E-state index in [-0.39, 0.29) is 28.6 Å². The van der Waals surface area contributed by atoms with Crippen LogP contribution in [0.4, 0.5) is 10.1 Å². The standard InChI is InChI=1S/C18H15ClFN3O2/c19-12-6-3-8-14(17(12)20)22-16(24)10-4-9-15-21-13-7-2-1-5-11(13)18(25)23-15/h1-3,5-8H,4,9-10H2,(H,22,24)(H,21,23,25). The van der Waals surface area contributed by atoms with Gasteiger partial charge in [-0.25, -0.2) is 9.37 Å². The molecule has 0 bridgehead atoms. The average molecular weight is 360 g/mol. The van der Waals surface area contributed by atoms with Crippen LogP contribution in [0.5, 0.6) is 0 Å². The van der Waals surface area contributed by atoms with Gasteiger partial charge in [0.25, 0.3) is 5.56 Å². The van der Waals surface area contributed by atoms with Gasteiger partial charge in [-0.1, -0.05) is 29.8 Å². The van der Waals surface area contributed by atoms with Gasteiger partial charge in [0.05, 0.1) is 21.6 Å². The number of fused-ring (bicyclic) bond motifs is 1. The number of amides is 1. The molecule has 0 saturated heterocycles. The van der Waals surface area contributed by atoms with Crippen molar-refractivity contribution in [2.75, 3.05) is 5.32 Å². The van der Waals surface area contributed by atoms with Gasteiger partial charge >= 0.3 is 0 Å². The highest BCUT2D eigenvalue weighted by Crippen LogP contribution is 2.22. The van der Waals surface area contributed by atoms with Gasteiger partial charge in [-0.05, 0) is 30.7 Å². The first kappa shape index (κ1) is 17.1. The molecule has 128 valence electrons. The van der Waals surface area contributed by atoms with Crippen LogP contribution in [0.3, 0.4) is 0 Å². The number of carbonyl (C=O) groups excluding carboxylic acids is 1. The Morgan fingerprint density at radius 2 is 2.00 bits per heavy atom. The zero-order valence-corrected chi connectivity index (χ0v) is 13.9. The normalized spacial score (nSPS) is 10.8. The molecule has 0 aliphatic rings. The molecule has 0 fully saturated rings. The lowest BCUT2D eigenvalue weighted by atomic mass is 10.2. The molecule has 0 unspecified atom stereocenters. The molecular formula is C18H15ClFN3O2. The Hall–Kier alpha value is -2.73. The summed E-state index contributed by atoms with van der Waals surface area (Å²) >= 11 is 5.68. The molecule has 0 spiro atoms. The second-order valence-corrected chi connectivity index (χ2v) is 5.94. The van der Waals surface area contributed by atoms with E-state index in [4.69, 9.17) is 11.6 Å². The summed E-state index contributed by atoms with van der Waals surface area (Å²) in [5.74, 6) is -0.465. The zero-order chi connectivity index (χ0) is 17.8. The summed E-state index contributed by atoms with van der Waals surface area (Å²) in [6, 6.07) is 11.5. The number of para-hydroxylation sites is 1. The van der Waals surface area contributed by atoms with E-state index < -0.39 is 5.82 Å². The minimum atomic E-state index is -0.655. The summed E-state index contributed by atoms with van der Waals surface area (Å²) in [6.07, 6.45) is 1.07. The predicted molar refractivity (Wildman–Crippen MR) is 95.3 cm³/mol.